The molecule has 8 heteroatoms. The second-order valence-electron chi connectivity index (χ2n) is 6.98. The van der Waals surface area contributed by atoms with Gasteiger partial charge in [-0.1, -0.05) is 47.5 Å². The first-order chi connectivity index (χ1) is 14.8. The number of anilines is 1. The second kappa shape index (κ2) is 9.85. The van der Waals surface area contributed by atoms with Gasteiger partial charge in [0, 0.05) is 5.56 Å². The molecule has 0 aromatic heterocycles. The smallest absolute Gasteiger partial charge is 0.261 e. The van der Waals surface area contributed by atoms with Crippen molar-refractivity contribution < 1.29 is 17.9 Å². The van der Waals surface area contributed by atoms with Crippen LogP contribution in [0.3, 0.4) is 0 Å². The van der Waals surface area contributed by atoms with Gasteiger partial charge >= 0.3 is 0 Å². The Kier molecular flexibility index (Phi) is 7.20. The Morgan fingerprint density at radius 2 is 1.71 bits per heavy atom. The van der Waals surface area contributed by atoms with E-state index in [-0.39, 0.29) is 24.0 Å². The van der Waals surface area contributed by atoms with Gasteiger partial charge in [-0.05, 0) is 55.8 Å². The highest BCUT2D eigenvalue weighted by atomic mass is 35.5. The van der Waals surface area contributed by atoms with E-state index < -0.39 is 10.0 Å². The summed E-state index contributed by atoms with van der Waals surface area (Å²) < 4.78 is 33.5. The summed E-state index contributed by atoms with van der Waals surface area (Å²) >= 11 is 6.03. The molecule has 2 N–H and O–H groups in total. The first kappa shape index (κ1) is 22.7. The number of hydrogen-bond acceptors (Lipinski definition) is 4. The van der Waals surface area contributed by atoms with Crippen molar-refractivity contribution in [3.05, 3.63) is 88.4 Å². The van der Waals surface area contributed by atoms with Gasteiger partial charge < -0.3 is 10.1 Å². The minimum atomic E-state index is -3.76. The van der Waals surface area contributed by atoms with E-state index in [1.165, 1.54) is 6.07 Å². The molecule has 0 aliphatic rings. The van der Waals surface area contributed by atoms with Crippen LogP contribution in [-0.2, 0) is 10.0 Å². The fourth-order valence-corrected chi connectivity index (χ4v) is 4.10. The zero-order valence-electron chi connectivity index (χ0n) is 17.2. The predicted molar refractivity (Wildman–Crippen MR) is 122 cm³/mol. The Balaban J connectivity index is 1.63. The van der Waals surface area contributed by atoms with Crippen molar-refractivity contribution in [1.82, 2.24) is 5.32 Å². The molecular formula is C23H23ClN2O4S. The van der Waals surface area contributed by atoms with Crippen molar-refractivity contribution in [2.45, 2.75) is 18.7 Å². The van der Waals surface area contributed by atoms with Crippen molar-refractivity contribution in [3.8, 4) is 5.75 Å². The first-order valence-corrected chi connectivity index (χ1v) is 11.5. The zero-order chi connectivity index (χ0) is 22.4. The number of carbonyl (C=O) groups excluding carboxylic acids is 1. The molecule has 1 amide bonds. The number of benzene rings is 3. The largest absolute Gasteiger partial charge is 0.490 e. The zero-order valence-corrected chi connectivity index (χ0v) is 18.8. The average Bonchev–Trinajstić information content (AvgIpc) is 2.74. The summed E-state index contributed by atoms with van der Waals surface area (Å²) in [4.78, 5) is 12.6. The third kappa shape index (κ3) is 5.99. The average molecular weight is 459 g/mol. The highest BCUT2D eigenvalue weighted by molar-refractivity contribution is 7.92. The van der Waals surface area contributed by atoms with Gasteiger partial charge in [0.2, 0.25) is 0 Å². The lowest BCUT2D eigenvalue weighted by Gasteiger charge is -2.13. The summed E-state index contributed by atoms with van der Waals surface area (Å²) in [5.74, 6) is 0.208. The fourth-order valence-electron chi connectivity index (χ4n) is 2.78. The molecule has 0 saturated carbocycles. The van der Waals surface area contributed by atoms with Crippen molar-refractivity contribution in [2.24, 2.45) is 0 Å². The standard InChI is InChI=1S/C23H23ClN2O4S/c1-16-7-11-19(12-8-16)31(28,29)26-21-15-18(10-9-17(21)2)23(27)25-13-14-30-22-6-4-3-5-20(22)24/h3-12,15,26H,13-14H2,1-2H3,(H,25,27). The van der Waals surface area contributed by atoms with Gasteiger partial charge in [0.15, 0.2) is 0 Å². The molecule has 6 nitrogen and oxygen atoms in total. The number of halogens is 1. The lowest BCUT2D eigenvalue weighted by molar-refractivity contribution is 0.0947. The van der Waals surface area contributed by atoms with Crippen LogP contribution in [0.4, 0.5) is 5.69 Å². The summed E-state index contributed by atoms with van der Waals surface area (Å²) in [6, 6.07) is 18.5. The molecule has 0 atom stereocenters. The highest BCUT2D eigenvalue weighted by Crippen LogP contribution is 2.23. The third-order valence-corrected chi connectivity index (χ3v) is 6.25. The predicted octanol–water partition coefficient (Wildman–Crippen LogP) is 4.57. The van der Waals surface area contributed by atoms with Crippen LogP contribution in [-0.4, -0.2) is 27.5 Å². The summed E-state index contributed by atoms with van der Waals surface area (Å²) in [6.07, 6.45) is 0. The molecule has 3 aromatic carbocycles. The monoisotopic (exact) mass is 458 g/mol. The van der Waals surface area contributed by atoms with Gasteiger partial charge in [0.25, 0.3) is 15.9 Å². The Hall–Kier alpha value is -3.03. The summed E-state index contributed by atoms with van der Waals surface area (Å²) in [7, 11) is -3.76. The minimum Gasteiger partial charge on any atom is -0.490 e. The van der Waals surface area contributed by atoms with E-state index in [0.717, 1.165) is 5.56 Å². The van der Waals surface area contributed by atoms with E-state index in [4.69, 9.17) is 16.3 Å². The number of carbonyl (C=O) groups is 1. The molecule has 0 radical (unpaired) electrons. The van der Waals surface area contributed by atoms with Crippen LogP contribution in [0.1, 0.15) is 21.5 Å². The van der Waals surface area contributed by atoms with E-state index in [9.17, 15) is 13.2 Å². The molecule has 0 saturated heterocycles. The molecule has 0 heterocycles. The summed E-state index contributed by atoms with van der Waals surface area (Å²) in [5.41, 5.74) is 2.35. The summed E-state index contributed by atoms with van der Waals surface area (Å²) in [6.45, 7) is 4.16. The quantitative estimate of drug-likeness (QED) is 0.484. The van der Waals surface area contributed by atoms with Gasteiger partial charge in [-0.2, -0.15) is 0 Å². The Bertz CT molecular complexity index is 1180. The number of hydrogen-bond donors (Lipinski definition) is 2. The Morgan fingerprint density at radius 3 is 2.42 bits per heavy atom. The van der Waals surface area contributed by atoms with E-state index in [0.29, 0.717) is 27.6 Å². The Morgan fingerprint density at radius 1 is 1.00 bits per heavy atom. The molecule has 0 bridgehead atoms. The van der Waals surface area contributed by atoms with Crippen LogP contribution in [0.5, 0.6) is 5.75 Å². The maximum Gasteiger partial charge on any atom is 0.261 e. The van der Waals surface area contributed by atoms with E-state index >= 15 is 0 Å². The van der Waals surface area contributed by atoms with Gasteiger partial charge in [0.1, 0.15) is 12.4 Å². The van der Waals surface area contributed by atoms with Gasteiger partial charge in [-0.3, -0.25) is 9.52 Å². The number of para-hydroxylation sites is 1. The molecule has 31 heavy (non-hydrogen) atoms. The molecule has 0 spiro atoms. The topological polar surface area (TPSA) is 84.5 Å². The van der Waals surface area contributed by atoms with E-state index in [1.807, 2.05) is 13.0 Å². The Labute approximate surface area is 187 Å². The van der Waals surface area contributed by atoms with Gasteiger partial charge in [0.05, 0.1) is 22.2 Å². The lowest BCUT2D eigenvalue weighted by atomic mass is 10.1. The molecule has 0 fully saturated rings. The van der Waals surface area contributed by atoms with E-state index in [1.54, 1.807) is 61.5 Å². The lowest BCUT2D eigenvalue weighted by Crippen LogP contribution is -2.28. The van der Waals surface area contributed by atoms with Crippen molar-refractivity contribution in [3.63, 3.8) is 0 Å². The van der Waals surface area contributed by atoms with Crippen molar-refractivity contribution in [1.29, 1.82) is 0 Å². The molecule has 0 aliphatic heterocycles. The molecule has 0 aliphatic carbocycles. The van der Waals surface area contributed by atoms with Crippen LogP contribution in [0.25, 0.3) is 0 Å². The second-order valence-corrected chi connectivity index (χ2v) is 9.07. The molecular weight excluding hydrogens is 436 g/mol. The van der Waals surface area contributed by atoms with Crippen LogP contribution in [0.2, 0.25) is 5.02 Å². The summed E-state index contributed by atoms with van der Waals surface area (Å²) in [5, 5.41) is 3.25. The van der Waals surface area contributed by atoms with Crippen LogP contribution >= 0.6 is 11.6 Å². The van der Waals surface area contributed by atoms with Gasteiger partial charge in [-0.25, -0.2) is 8.42 Å². The van der Waals surface area contributed by atoms with E-state index in [2.05, 4.69) is 10.0 Å². The molecule has 162 valence electrons. The number of rotatable bonds is 8. The molecule has 3 rings (SSSR count). The fraction of sp³-hybridized carbons (Fsp3) is 0.174. The van der Waals surface area contributed by atoms with Crippen LogP contribution in [0.15, 0.2) is 71.6 Å². The molecule has 0 unspecified atom stereocenters. The maximum atomic E-state index is 12.7. The molecule has 3 aromatic rings. The van der Waals surface area contributed by atoms with Crippen LogP contribution < -0.4 is 14.8 Å². The van der Waals surface area contributed by atoms with Crippen molar-refractivity contribution >= 4 is 33.2 Å². The maximum absolute atomic E-state index is 12.7. The van der Waals surface area contributed by atoms with Crippen molar-refractivity contribution in [2.75, 3.05) is 17.9 Å². The SMILES string of the molecule is Cc1ccc(S(=O)(=O)Nc2cc(C(=O)NCCOc3ccccc3Cl)ccc2C)cc1. The minimum absolute atomic E-state index is 0.157. The number of aryl methyl sites for hydroxylation is 2. The van der Waals surface area contributed by atoms with Crippen LogP contribution in [0, 0.1) is 13.8 Å². The van der Waals surface area contributed by atoms with Gasteiger partial charge in [-0.15, -0.1) is 0 Å². The normalized spacial score (nSPS) is 11.1. The number of sulfonamides is 1. The number of nitrogens with one attached hydrogen (secondary N) is 2. The first-order valence-electron chi connectivity index (χ1n) is 9.62. The highest BCUT2D eigenvalue weighted by Gasteiger charge is 2.16. The number of amides is 1. The third-order valence-electron chi connectivity index (χ3n) is 4.56. The number of ether oxygens (including phenoxy) is 1.